The number of benzene rings is 1. The van der Waals surface area contributed by atoms with Crippen molar-refractivity contribution >= 4 is 33.4 Å². The van der Waals surface area contributed by atoms with Crippen molar-refractivity contribution in [3.63, 3.8) is 0 Å². The van der Waals surface area contributed by atoms with Crippen LogP contribution in [0.1, 0.15) is 12.5 Å². The summed E-state index contributed by atoms with van der Waals surface area (Å²) in [6.07, 6.45) is 0. The molecular weight excluding hydrogens is 272 g/mol. The van der Waals surface area contributed by atoms with Gasteiger partial charge in [-0.1, -0.05) is 28.1 Å². The largest absolute Gasteiger partial charge is 0.352 e. The first kappa shape index (κ1) is 12.7. The van der Waals surface area contributed by atoms with E-state index in [-0.39, 0.29) is 17.1 Å². The molecule has 4 nitrogen and oxygen atoms in total. The van der Waals surface area contributed by atoms with Crippen LogP contribution >= 0.6 is 15.9 Å². The van der Waals surface area contributed by atoms with Crippen LogP contribution in [0.5, 0.6) is 0 Å². The third-order valence-corrected chi connectivity index (χ3v) is 2.41. The number of nitrogens with one attached hydrogen (secondary N) is 2. The quantitative estimate of drug-likeness (QED) is 0.826. The molecule has 0 aliphatic heterocycles. The zero-order valence-electron chi connectivity index (χ0n) is 8.92. The Kier molecular flexibility index (Phi) is 4.98. The molecule has 2 N–H and O–H groups in total. The van der Waals surface area contributed by atoms with E-state index < -0.39 is 0 Å². The van der Waals surface area contributed by atoms with Gasteiger partial charge in [0.25, 0.3) is 0 Å². The summed E-state index contributed by atoms with van der Waals surface area (Å²) in [6, 6.07) is 7.33. The molecule has 0 aliphatic rings. The van der Waals surface area contributed by atoms with Crippen molar-refractivity contribution in [1.29, 1.82) is 0 Å². The molecule has 0 fully saturated rings. The molecule has 0 saturated carbocycles. The summed E-state index contributed by atoms with van der Waals surface area (Å²) < 4.78 is 0. The minimum atomic E-state index is -0.0883. The van der Waals surface area contributed by atoms with Crippen LogP contribution in [0.2, 0.25) is 0 Å². The molecule has 2 amide bonds. The Bertz CT molecular complexity index is 376. The van der Waals surface area contributed by atoms with E-state index >= 15 is 0 Å². The zero-order chi connectivity index (χ0) is 12.0. The van der Waals surface area contributed by atoms with E-state index in [1.807, 2.05) is 12.1 Å². The molecule has 0 heterocycles. The summed E-state index contributed by atoms with van der Waals surface area (Å²) in [5.41, 5.74) is 1.74. The standard InChI is InChI=1S/C11H13BrN2O2/c1-8(15)13-7-9-2-4-10(5-3-9)14-11(16)6-12/h2-5H,6-7H2,1H3,(H,13,15)(H,14,16). The molecule has 86 valence electrons. The topological polar surface area (TPSA) is 58.2 Å². The van der Waals surface area contributed by atoms with Gasteiger partial charge in [-0.2, -0.15) is 0 Å². The molecule has 1 rings (SSSR count). The third-order valence-electron chi connectivity index (χ3n) is 1.90. The van der Waals surface area contributed by atoms with Gasteiger partial charge in [-0.3, -0.25) is 9.59 Å². The van der Waals surface area contributed by atoms with Crippen LogP contribution in [-0.4, -0.2) is 17.1 Å². The van der Waals surface area contributed by atoms with E-state index in [9.17, 15) is 9.59 Å². The predicted molar refractivity (Wildman–Crippen MR) is 66.4 cm³/mol. The summed E-state index contributed by atoms with van der Waals surface area (Å²) in [7, 11) is 0. The smallest absolute Gasteiger partial charge is 0.235 e. The maximum Gasteiger partial charge on any atom is 0.235 e. The molecule has 0 spiro atoms. The van der Waals surface area contributed by atoms with E-state index in [4.69, 9.17) is 0 Å². The SMILES string of the molecule is CC(=O)NCc1ccc(NC(=O)CBr)cc1. The van der Waals surface area contributed by atoms with Gasteiger partial charge in [0.1, 0.15) is 0 Å². The first-order chi connectivity index (χ1) is 7.61. The molecule has 0 bridgehead atoms. The van der Waals surface area contributed by atoms with Crippen LogP contribution in [0, 0.1) is 0 Å². The highest BCUT2D eigenvalue weighted by molar-refractivity contribution is 9.09. The summed E-state index contributed by atoms with van der Waals surface area (Å²) >= 11 is 3.07. The van der Waals surface area contributed by atoms with Crippen molar-refractivity contribution in [2.75, 3.05) is 10.6 Å². The molecule has 0 unspecified atom stereocenters. The van der Waals surface area contributed by atoms with Gasteiger partial charge < -0.3 is 10.6 Å². The normalized spacial score (nSPS) is 9.62. The molecule has 0 saturated heterocycles. The Balaban J connectivity index is 2.54. The summed E-state index contributed by atoms with van der Waals surface area (Å²) in [5.74, 6) is -0.147. The van der Waals surface area contributed by atoms with Gasteiger partial charge >= 0.3 is 0 Å². The molecule has 1 aromatic rings. The number of hydrogen-bond donors (Lipinski definition) is 2. The van der Waals surface area contributed by atoms with Crippen molar-refractivity contribution in [3.8, 4) is 0 Å². The van der Waals surface area contributed by atoms with Crippen LogP contribution < -0.4 is 10.6 Å². The monoisotopic (exact) mass is 284 g/mol. The lowest BCUT2D eigenvalue weighted by Crippen LogP contribution is -2.18. The van der Waals surface area contributed by atoms with E-state index in [0.717, 1.165) is 11.3 Å². The van der Waals surface area contributed by atoms with Crippen molar-refractivity contribution < 1.29 is 9.59 Å². The number of carbonyl (C=O) groups excluding carboxylic acids is 2. The lowest BCUT2D eigenvalue weighted by Gasteiger charge is -2.05. The van der Waals surface area contributed by atoms with Crippen molar-refractivity contribution in [1.82, 2.24) is 5.32 Å². The zero-order valence-corrected chi connectivity index (χ0v) is 10.5. The average Bonchev–Trinajstić information content (AvgIpc) is 2.28. The summed E-state index contributed by atoms with van der Waals surface area (Å²) in [6.45, 7) is 1.98. The Morgan fingerprint density at radius 2 is 1.88 bits per heavy atom. The number of anilines is 1. The van der Waals surface area contributed by atoms with E-state index in [1.165, 1.54) is 6.92 Å². The van der Waals surface area contributed by atoms with Gasteiger partial charge in [0.05, 0.1) is 5.33 Å². The molecular formula is C11H13BrN2O2. The molecule has 0 atom stereocenters. The minimum Gasteiger partial charge on any atom is -0.352 e. The molecule has 0 aliphatic carbocycles. The highest BCUT2D eigenvalue weighted by Crippen LogP contribution is 2.09. The van der Waals surface area contributed by atoms with Crippen LogP contribution in [0.4, 0.5) is 5.69 Å². The van der Waals surface area contributed by atoms with Crippen molar-refractivity contribution in [3.05, 3.63) is 29.8 Å². The summed E-state index contributed by atoms with van der Waals surface area (Å²) in [4.78, 5) is 21.8. The maximum absolute atomic E-state index is 11.1. The highest BCUT2D eigenvalue weighted by Gasteiger charge is 1.99. The predicted octanol–water partition coefficient (Wildman–Crippen LogP) is 1.66. The molecule has 16 heavy (non-hydrogen) atoms. The number of amides is 2. The Labute approximate surface area is 103 Å². The second kappa shape index (κ2) is 6.27. The number of hydrogen-bond acceptors (Lipinski definition) is 2. The molecule has 0 aromatic heterocycles. The highest BCUT2D eigenvalue weighted by atomic mass is 79.9. The average molecular weight is 285 g/mol. The minimum absolute atomic E-state index is 0.0586. The fraction of sp³-hybridized carbons (Fsp3) is 0.273. The second-order valence-corrected chi connectivity index (χ2v) is 3.85. The molecule has 0 radical (unpaired) electrons. The lowest BCUT2D eigenvalue weighted by molar-refractivity contribution is -0.119. The van der Waals surface area contributed by atoms with Crippen LogP contribution in [-0.2, 0) is 16.1 Å². The van der Waals surface area contributed by atoms with Crippen LogP contribution in [0.15, 0.2) is 24.3 Å². The first-order valence-electron chi connectivity index (χ1n) is 4.81. The molecule has 1 aromatic carbocycles. The fourth-order valence-electron chi connectivity index (χ4n) is 1.13. The van der Waals surface area contributed by atoms with E-state index in [0.29, 0.717) is 6.54 Å². The lowest BCUT2D eigenvalue weighted by atomic mass is 10.2. The summed E-state index contributed by atoms with van der Waals surface area (Å²) in [5, 5.41) is 5.69. The molecule has 5 heteroatoms. The van der Waals surface area contributed by atoms with Crippen molar-refractivity contribution in [2.24, 2.45) is 0 Å². The van der Waals surface area contributed by atoms with Gasteiger partial charge in [0, 0.05) is 19.2 Å². The van der Waals surface area contributed by atoms with E-state index in [1.54, 1.807) is 12.1 Å². The Morgan fingerprint density at radius 3 is 2.38 bits per heavy atom. The first-order valence-corrected chi connectivity index (χ1v) is 5.93. The number of halogens is 1. The van der Waals surface area contributed by atoms with Crippen LogP contribution in [0.3, 0.4) is 0 Å². The maximum atomic E-state index is 11.1. The number of alkyl halides is 1. The third kappa shape index (κ3) is 4.44. The van der Waals surface area contributed by atoms with Crippen LogP contribution in [0.25, 0.3) is 0 Å². The van der Waals surface area contributed by atoms with Gasteiger partial charge in [0.2, 0.25) is 11.8 Å². The Hall–Kier alpha value is -1.36. The number of carbonyl (C=O) groups is 2. The van der Waals surface area contributed by atoms with Gasteiger partial charge in [-0.05, 0) is 17.7 Å². The number of rotatable bonds is 4. The second-order valence-electron chi connectivity index (χ2n) is 3.29. The van der Waals surface area contributed by atoms with Gasteiger partial charge in [-0.15, -0.1) is 0 Å². The fourth-order valence-corrected chi connectivity index (χ4v) is 1.27. The van der Waals surface area contributed by atoms with Gasteiger partial charge in [-0.25, -0.2) is 0 Å². The van der Waals surface area contributed by atoms with Crippen molar-refractivity contribution in [2.45, 2.75) is 13.5 Å². The Morgan fingerprint density at radius 1 is 1.25 bits per heavy atom. The van der Waals surface area contributed by atoms with E-state index in [2.05, 4.69) is 26.6 Å². The van der Waals surface area contributed by atoms with Gasteiger partial charge in [0.15, 0.2) is 0 Å².